The van der Waals surface area contributed by atoms with Crippen LogP contribution in [0.3, 0.4) is 0 Å². The number of benzene rings is 1. The van der Waals surface area contributed by atoms with Gasteiger partial charge in [0.05, 0.1) is 16.7 Å². The van der Waals surface area contributed by atoms with Crippen molar-refractivity contribution in [3.05, 3.63) is 28.8 Å². The summed E-state index contributed by atoms with van der Waals surface area (Å²) in [5.74, 6) is -4.14. The minimum Gasteiger partial charge on any atom is -0.478 e. The molecule has 16 heavy (non-hydrogen) atoms. The highest BCUT2D eigenvalue weighted by molar-refractivity contribution is 7.28. The van der Waals surface area contributed by atoms with Crippen LogP contribution < -0.4 is 5.30 Å². The maximum atomic E-state index is 10.8. The summed E-state index contributed by atoms with van der Waals surface area (Å²) in [5.41, 5.74) is -1.09. The van der Waals surface area contributed by atoms with Gasteiger partial charge in [0.2, 0.25) is 0 Å². The Morgan fingerprint density at radius 3 is 1.50 bits per heavy atom. The van der Waals surface area contributed by atoms with Crippen molar-refractivity contribution < 1.29 is 29.7 Å². The second-order valence-corrected chi connectivity index (χ2v) is 3.48. The molecule has 0 bridgehead atoms. The molecule has 3 N–H and O–H groups in total. The highest BCUT2D eigenvalue weighted by Crippen LogP contribution is 2.12. The molecule has 1 aromatic carbocycles. The Balaban J connectivity index is 3.57. The Morgan fingerprint density at radius 1 is 0.875 bits per heavy atom. The van der Waals surface area contributed by atoms with Crippen molar-refractivity contribution in [3.63, 3.8) is 0 Å². The zero-order chi connectivity index (χ0) is 12.5. The molecular weight excluding hydrogens is 235 g/mol. The molecule has 0 aliphatic rings. The minimum atomic E-state index is -1.38. The van der Waals surface area contributed by atoms with Gasteiger partial charge in [-0.05, 0) is 17.4 Å². The average Bonchev–Trinajstić information content (AvgIpc) is 2.16. The van der Waals surface area contributed by atoms with Crippen molar-refractivity contribution in [2.45, 2.75) is 0 Å². The third-order valence-corrected chi connectivity index (χ3v) is 2.51. The zero-order valence-corrected chi connectivity index (χ0v) is 8.95. The summed E-state index contributed by atoms with van der Waals surface area (Å²) < 4.78 is 0. The monoisotopic (exact) mass is 242 g/mol. The van der Waals surface area contributed by atoms with Gasteiger partial charge in [0.15, 0.2) is 0 Å². The van der Waals surface area contributed by atoms with E-state index in [9.17, 15) is 14.4 Å². The summed E-state index contributed by atoms with van der Waals surface area (Å²) in [7, 11) is 1.98. The first kappa shape index (κ1) is 12.1. The van der Waals surface area contributed by atoms with Crippen molar-refractivity contribution >= 4 is 32.5 Å². The Hall–Kier alpha value is -1.94. The third kappa shape index (κ3) is 2.17. The fraction of sp³-hybridized carbons (Fsp3) is 0. The Kier molecular flexibility index (Phi) is 3.25. The molecule has 0 saturated carbocycles. The molecule has 0 amide bonds. The number of hydrogen-bond acceptors (Lipinski definition) is 3. The van der Waals surface area contributed by atoms with Crippen LogP contribution in [0.25, 0.3) is 0 Å². The predicted octanol–water partition coefficient (Wildman–Crippen LogP) is 0.282. The summed E-state index contributed by atoms with van der Waals surface area (Å²) in [6.45, 7) is 0. The van der Waals surface area contributed by atoms with Crippen LogP contribution in [0, 0.1) is 0 Å². The standard InChI is InChI=1S/C9H7O6P/c10-7(11)3-1-4(8(12)13)6(16)5(2-3)9(14)15/h1-2H,16H2,(H,10,11)(H,12,13)(H,14,15). The smallest absolute Gasteiger partial charge is 0.336 e. The highest BCUT2D eigenvalue weighted by atomic mass is 31.0. The van der Waals surface area contributed by atoms with Crippen LogP contribution in [0.5, 0.6) is 0 Å². The maximum absolute atomic E-state index is 10.8. The van der Waals surface area contributed by atoms with E-state index in [-0.39, 0.29) is 22.0 Å². The lowest BCUT2D eigenvalue weighted by molar-refractivity contribution is 0.0696. The first-order chi connectivity index (χ1) is 7.34. The van der Waals surface area contributed by atoms with Crippen molar-refractivity contribution in [3.8, 4) is 0 Å². The fourth-order valence-electron chi connectivity index (χ4n) is 1.13. The average molecular weight is 242 g/mol. The molecule has 0 aromatic heterocycles. The zero-order valence-electron chi connectivity index (χ0n) is 7.80. The lowest BCUT2D eigenvalue weighted by atomic mass is 10.1. The van der Waals surface area contributed by atoms with Crippen LogP contribution in [-0.2, 0) is 0 Å². The number of carbonyl (C=O) groups is 3. The Labute approximate surface area is 91.7 Å². The molecule has 1 atom stereocenters. The maximum Gasteiger partial charge on any atom is 0.336 e. The van der Waals surface area contributed by atoms with Gasteiger partial charge in [-0.15, -0.1) is 9.24 Å². The lowest BCUT2D eigenvalue weighted by Gasteiger charge is -2.06. The molecule has 0 aliphatic carbocycles. The second-order valence-electron chi connectivity index (χ2n) is 2.90. The molecule has 7 heteroatoms. The Bertz CT molecular complexity index is 458. The Morgan fingerprint density at radius 2 is 1.25 bits per heavy atom. The molecule has 0 saturated heterocycles. The van der Waals surface area contributed by atoms with E-state index in [1.165, 1.54) is 0 Å². The van der Waals surface area contributed by atoms with Gasteiger partial charge < -0.3 is 15.3 Å². The number of carboxylic acids is 3. The van der Waals surface area contributed by atoms with Crippen LogP contribution in [-0.4, -0.2) is 33.2 Å². The van der Waals surface area contributed by atoms with Crippen molar-refractivity contribution in [1.29, 1.82) is 0 Å². The van der Waals surface area contributed by atoms with E-state index < -0.39 is 17.9 Å². The normalized spacial score (nSPS) is 9.81. The summed E-state index contributed by atoms with van der Waals surface area (Å²) in [4.78, 5) is 32.2. The molecule has 1 unspecified atom stereocenters. The van der Waals surface area contributed by atoms with Gasteiger partial charge in [-0.3, -0.25) is 0 Å². The van der Waals surface area contributed by atoms with E-state index in [1.807, 2.05) is 9.24 Å². The number of rotatable bonds is 3. The highest BCUT2D eigenvalue weighted by Gasteiger charge is 2.19. The van der Waals surface area contributed by atoms with Crippen molar-refractivity contribution in [1.82, 2.24) is 0 Å². The molecule has 84 valence electrons. The molecule has 6 nitrogen and oxygen atoms in total. The molecule has 0 fully saturated rings. The van der Waals surface area contributed by atoms with E-state index in [4.69, 9.17) is 15.3 Å². The molecule has 1 rings (SSSR count). The minimum absolute atomic E-state index is 0.0509. The third-order valence-electron chi connectivity index (χ3n) is 1.89. The van der Waals surface area contributed by atoms with Gasteiger partial charge in [0, 0.05) is 0 Å². The first-order valence-electron chi connectivity index (χ1n) is 3.98. The van der Waals surface area contributed by atoms with Crippen LogP contribution in [0.15, 0.2) is 12.1 Å². The number of hydrogen-bond donors (Lipinski definition) is 3. The van der Waals surface area contributed by atoms with Crippen molar-refractivity contribution in [2.24, 2.45) is 0 Å². The van der Waals surface area contributed by atoms with Gasteiger partial charge in [-0.25, -0.2) is 14.4 Å². The summed E-state index contributed by atoms with van der Waals surface area (Å²) in [6.07, 6.45) is 0. The number of carboxylic acid groups (broad SMARTS) is 3. The molecule has 1 aromatic rings. The lowest BCUT2D eigenvalue weighted by Crippen LogP contribution is -2.19. The van der Waals surface area contributed by atoms with E-state index in [1.54, 1.807) is 0 Å². The van der Waals surface area contributed by atoms with Gasteiger partial charge in [0.25, 0.3) is 0 Å². The quantitative estimate of drug-likeness (QED) is 0.656. The van der Waals surface area contributed by atoms with Crippen molar-refractivity contribution in [2.75, 3.05) is 0 Å². The molecule has 0 aliphatic heterocycles. The van der Waals surface area contributed by atoms with E-state index in [2.05, 4.69) is 0 Å². The van der Waals surface area contributed by atoms with Gasteiger partial charge in [-0.2, -0.15) is 0 Å². The van der Waals surface area contributed by atoms with E-state index in [0.29, 0.717) is 0 Å². The van der Waals surface area contributed by atoms with Gasteiger partial charge in [-0.1, -0.05) is 0 Å². The van der Waals surface area contributed by atoms with Crippen LogP contribution in [0.4, 0.5) is 0 Å². The fourth-order valence-corrected chi connectivity index (χ4v) is 1.54. The molecular formula is C9H7O6P. The predicted molar refractivity (Wildman–Crippen MR) is 56.7 cm³/mol. The second kappa shape index (κ2) is 4.28. The molecule has 0 radical (unpaired) electrons. The largest absolute Gasteiger partial charge is 0.478 e. The summed E-state index contributed by atoms with van der Waals surface area (Å²) in [6, 6.07) is 1.83. The topological polar surface area (TPSA) is 112 Å². The van der Waals surface area contributed by atoms with E-state index >= 15 is 0 Å². The van der Waals surface area contributed by atoms with E-state index in [0.717, 1.165) is 12.1 Å². The SMILES string of the molecule is O=C(O)c1cc(C(=O)O)c(P)c(C(=O)O)c1. The van der Waals surface area contributed by atoms with Crippen LogP contribution in [0.1, 0.15) is 31.1 Å². The summed E-state index contributed by atoms with van der Waals surface area (Å²) >= 11 is 0. The summed E-state index contributed by atoms with van der Waals surface area (Å²) in [5, 5.41) is 26.2. The van der Waals surface area contributed by atoms with Gasteiger partial charge >= 0.3 is 17.9 Å². The van der Waals surface area contributed by atoms with Crippen LogP contribution in [0.2, 0.25) is 0 Å². The molecule has 0 heterocycles. The van der Waals surface area contributed by atoms with Crippen LogP contribution >= 0.6 is 9.24 Å². The molecule has 0 spiro atoms. The van der Waals surface area contributed by atoms with Gasteiger partial charge in [0.1, 0.15) is 0 Å². The number of aromatic carboxylic acids is 3. The first-order valence-corrected chi connectivity index (χ1v) is 4.55.